The second-order valence-corrected chi connectivity index (χ2v) is 8.83. The van der Waals surface area contributed by atoms with Crippen molar-refractivity contribution in [3.63, 3.8) is 0 Å². The van der Waals surface area contributed by atoms with E-state index in [4.69, 9.17) is 9.47 Å². The van der Waals surface area contributed by atoms with E-state index in [-0.39, 0.29) is 6.03 Å². The maximum Gasteiger partial charge on any atom is 0.338 e. The van der Waals surface area contributed by atoms with E-state index in [2.05, 4.69) is 39.8 Å². The summed E-state index contributed by atoms with van der Waals surface area (Å²) in [5, 5.41) is 5.76. The molecule has 2 heterocycles. The number of carbonyl (C=O) groups excluding carboxylic acids is 2. The number of ether oxygens (including phenoxy) is 2. The van der Waals surface area contributed by atoms with Crippen LogP contribution in [0.15, 0.2) is 65.9 Å². The molecule has 0 aromatic heterocycles. The normalized spacial score (nSPS) is 19.4. The molecule has 180 valence electrons. The standard InChI is InChI=1S/C27H33N3O4/c1-3-34-22-11-9-21(10-12-22)25-24(26(31)33-2)23(28-27(32)29-25)18-30-15-13-20(14-16-30)17-19-7-5-4-6-8-19/h4-12,20,25H,3,13-18H2,1-2H3,(H2,28,29,32)/t25-/m0/s1. The molecule has 34 heavy (non-hydrogen) atoms. The predicted molar refractivity (Wildman–Crippen MR) is 130 cm³/mol. The quantitative estimate of drug-likeness (QED) is 0.582. The number of hydrogen-bond donors (Lipinski definition) is 2. The first-order valence-corrected chi connectivity index (χ1v) is 11.9. The van der Waals surface area contributed by atoms with Crippen LogP contribution in [0, 0.1) is 5.92 Å². The second-order valence-electron chi connectivity index (χ2n) is 8.83. The van der Waals surface area contributed by atoms with Gasteiger partial charge in [0.2, 0.25) is 0 Å². The van der Waals surface area contributed by atoms with Crippen LogP contribution in [0.5, 0.6) is 5.75 Å². The lowest BCUT2D eigenvalue weighted by Crippen LogP contribution is -2.49. The molecule has 0 saturated carbocycles. The molecular formula is C27H33N3O4. The van der Waals surface area contributed by atoms with Crippen molar-refractivity contribution in [3.05, 3.63) is 77.0 Å². The fraction of sp³-hybridized carbons (Fsp3) is 0.407. The Balaban J connectivity index is 1.49. The lowest BCUT2D eigenvalue weighted by atomic mass is 9.89. The molecule has 7 heteroatoms. The average molecular weight is 464 g/mol. The number of benzene rings is 2. The maximum atomic E-state index is 12.8. The lowest BCUT2D eigenvalue weighted by Gasteiger charge is -2.35. The zero-order valence-corrected chi connectivity index (χ0v) is 19.9. The van der Waals surface area contributed by atoms with Crippen LogP contribution in [0.4, 0.5) is 4.79 Å². The van der Waals surface area contributed by atoms with E-state index in [9.17, 15) is 9.59 Å². The minimum absolute atomic E-state index is 0.319. The van der Waals surface area contributed by atoms with Gasteiger partial charge < -0.3 is 20.1 Å². The van der Waals surface area contributed by atoms with Gasteiger partial charge in [-0.3, -0.25) is 4.90 Å². The number of piperidine rings is 1. The first kappa shape index (κ1) is 23.8. The van der Waals surface area contributed by atoms with Crippen molar-refractivity contribution in [1.82, 2.24) is 15.5 Å². The Morgan fingerprint density at radius 3 is 2.41 bits per heavy atom. The van der Waals surface area contributed by atoms with Gasteiger partial charge in [-0.05, 0) is 68.5 Å². The van der Waals surface area contributed by atoms with Crippen LogP contribution in [0.1, 0.15) is 36.9 Å². The minimum atomic E-state index is -0.581. The van der Waals surface area contributed by atoms with Gasteiger partial charge in [-0.1, -0.05) is 42.5 Å². The molecule has 0 unspecified atom stereocenters. The summed E-state index contributed by atoms with van der Waals surface area (Å²) in [4.78, 5) is 27.7. The third-order valence-corrected chi connectivity index (χ3v) is 6.54. The molecule has 2 aliphatic rings. The largest absolute Gasteiger partial charge is 0.494 e. The molecular weight excluding hydrogens is 430 g/mol. The lowest BCUT2D eigenvalue weighted by molar-refractivity contribution is -0.136. The van der Waals surface area contributed by atoms with Crippen LogP contribution < -0.4 is 15.4 Å². The van der Waals surface area contributed by atoms with Crippen molar-refractivity contribution >= 4 is 12.0 Å². The van der Waals surface area contributed by atoms with E-state index < -0.39 is 12.0 Å². The molecule has 2 N–H and O–H groups in total. The van der Waals surface area contributed by atoms with Crippen molar-refractivity contribution in [3.8, 4) is 5.75 Å². The Morgan fingerprint density at radius 1 is 1.06 bits per heavy atom. The number of likely N-dealkylation sites (tertiary alicyclic amines) is 1. The smallest absolute Gasteiger partial charge is 0.338 e. The van der Waals surface area contributed by atoms with Crippen LogP contribution in [-0.4, -0.2) is 50.3 Å². The van der Waals surface area contributed by atoms with Gasteiger partial charge in [0.05, 0.1) is 25.3 Å². The number of nitrogens with zero attached hydrogens (tertiary/aromatic N) is 1. The van der Waals surface area contributed by atoms with Gasteiger partial charge in [-0.25, -0.2) is 9.59 Å². The highest BCUT2D eigenvalue weighted by atomic mass is 16.5. The highest BCUT2D eigenvalue weighted by Crippen LogP contribution is 2.30. The van der Waals surface area contributed by atoms with Crippen molar-refractivity contribution in [1.29, 1.82) is 0 Å². The van der Waals surface area contributed by atoms with E-state index in [1.54, 1.807) is 0 Å². The summed E-state index contributed by atoms with van der Waals surface area (Å²) >= 11 is 0. The minimum Gasteiger partial charge on any atom is -0.494 e. The van der Waals surface area contributed by atoms with Crippen molar-refractivity contribution in [2.24, 2.45) is 5.92 Å². The van der Waals surface area contributed by atoms with Crippen LogP contribution >= 0.6 is 0 Å². The summed E-state index contributed by atoms with van der Waals surface area (Å²) in [5.74, 6) is 0.945. The monoisotopic (exact) mass is 463 g/mol. The van der Waals surface area contributed by atoms with E-state index in [0.29, 0.717) is 30.3 Å². The third kappa shape index (κ3) is 5.78. The molecule has 2 aromatic rings. The molecule has 2 aromatic carbocycles. The SMILES string of the molecule is CCOc1ccc([C@@H]2NC(=O)NC(CN3CCC(Cc4ccccc4)CC3)=C2C(=O)OC)cc1. The summed E-state index contributed by atoms with van der Waals surface area (Å²) < 4.78 is 10.6. The fourth-order valence-corrected chi connectivity index (χ4v) is 4.79. The van der Waals surface area contributed by atoms with Gasteiger partial charge >= 0.3 is 12.0 Å². The average Bonchev–Trinajstić information content (AvgIpc) is 2.86. The van der Waals surface area contributed by atoms with Crippen LogP contribution in [-0.2, 0) is 16.0 Å². The van der Waals surface area contributed by atoms with Gasteiger partial charge in [-0.2, -0.15) is 0 Å². The topological polar surface area (TPSA) is 79.9 Å². The highest BCUT2D eigenvalue weighted by molar-refractivity contribution is 5.95. The molecule has 1 saturated heterocycles. The number of nitrogens with one attached hydrogen (secondary N) is 2. The molecule has 0 spiro atoms. The number of amides is 2. The third-order valence-electron chi connectivity index (χ3n) is 6.54. The summed E-state index contributed by atoms with van der Waals surface area (Å²) in [6.07, 6.45) is 3.26. The number of esters is 1. The van der Waals surface area contributed by atoms with Gasteiger partial charge in [0, 0.05) is 12.2 Å². The van der Waals surface area contributed by atoms with E-state index in [1.807, 2.05) is 37.3 Å². The van der Waals surface area contributed by atoms with Crippen LogP contribution in [0.25, 0.3) is 0 Å². The fourth-order valence-electron chi connectivity index (χ4n) is 4.79. The van der Waals surface area contributed by atoms with Crippen LogP contribution in [0.2, 0.25) is 0 Å². The second kappa shape index (κ2) is 11.2. The molecule has 0 radical (unpaired) electrons. The van der Waals surface area contributed by atoms with E-state index in [1.165, 1.54) is 12.7 Å². The van der Waals surface area contributed by atoms with Crippen molar-refractivity contribution in [2.75, 3.05) is 33.4 Å². The zero-order valence-electron chi connectivity index (χ0n) is 19.9. The molecule has 0 bridgehead atoms. The Kier molecular flexibility index (Phi) is 7.85. The first-order chi connectivity index (χ1) is 16.6. The maximum absolute atomic E-state index is 12.8. The van der Waals surface area contributed by atoms with Gasteiger partial charge in [0.1, 0.15) is 5.75 Å². The van der Waals surface area contributed by atoms with Crippen LogP contribution in [0.3, 0.4) is 0 Å². The highest BCUT2D eigenvalue weighted by Gasteiger charge is 2.34. The molecule has 1 atom stereocenters. The molecule has 7 nitrogen and oxygen atoms in total. The first-order valence-electron chi connectivity index (χ1n) is 11.9. The number of hydrogen-bond acceptors (Lipinski definition) is 5. The summed E-state index contributed by atoms with van der Waals surface area (Å²) in [6, 6.07) is 17.1. The van der Waals surface area contributed by atoms with Crippen molar-refractivity contribution in [2.45, 2.75) is 32.2 Å². The number of methoxy groups -OCH3 is 1. The van der Waals surface area contributed by atoms with Crippen molar-refractivity contribution < 1.29 is 19.1 Å². The van der Waals surface area contributed by atoms with E-state index >= 15 is 0 Å². The molecule has 0 aliphatic carbocycles. The number of carbonyl (C=O) groups is 2. The molecule has 2 aliphatic heterocycles. The predicted octanol–water partition coefficient (Wildman–Crippen LogP) is 3.82. The van der Waals surface area contributed by atoms with E-state index in [0.717, 1.165) is 43.7 Å². The Bertz CT molecular complexity index is 1010. The number of urea groups is 1. The Hall–Kier alpha value is -3.32. The van der Waals surface area contributed by atoms with Gasteiger partial charge in [0.25, 0.3) is 0 Å². The zero-order chi connectivity index (χ0) is 23.9. The Morgan fingerprint density at radius 2 is 1.76 bits per heavy atom. The molecule has 4 rings (SSSR count). The van der Waals surface area contributed by atoms with Gasteiger partial charge in [0.15, 0.2) is 0 Å². The molecule has 1 fully saturated rings. The summed E-state index contributed by atoms with van der Waals surface area (Å²) in [6.45, 7) is 4.85. The molecule has 2 amide bonds. The Labute approximate surface area is 201 Å². The number of rotatable bonds is 8. The summed E-state index contributed by atoms with van der Waals surface area (Å²) in [7, 11) is 1.37. The van der Waals surface area contributed by atoms with Gasteiger partial charge in [-0.15, -0.1) is 0 Å². The summed E-state index contributed by atoms with van der Waals surface area (Å²) in [5.41, 5.74) is 3.23.